The molecule has 0 unspecified atom stereocenters. The third-order valence-corrected chi connectivity index (χ3v) is 5.51. The number of carbonyl (C=O) groups excluding carboxylic acids is 1. The van der Waals surface area contributed by atoms with Crippen LogP contribution in [0.2, 0.25) is 0 Å². The SMILES string of the molecule is COc1ccc(-c2cnc(NC(=O)Cc3ccc(Br)cc3)c(Cc3ccccc3)n2)cc1. The molecule has 0 aliphatic heterocycles. The molecule has 0 saturated carbocycles. The molecule has 0 atom stereocenters. The molecule has 0 aliphatic carbocycles. The summed E-state index contributed by atoms with van der Waals surface area (Å²) in [6, 6.07) is 25.4. The lowest BCUT2D eigenvalue weighted by molar-refractivity contribution is -0.115. The second-order valence-electron chi connectivity index (χ2n) is 7.29. The molecule has 0 bridgehead atoms. The number of carbonyl (C=O) groups is 1. The number of nitrogens with zero attached hydrogens (tertiary/aromatic N) is 2. The molecule has 0 radical (unpaired) electrons. The standard InChI is InChI=1S/C26H22BrN3O2/c1-32-22-13-9-20(10-14-22)24-17-28-26(23(29-24)15-18-5-3-2-4-6-18)30-25(31)16-19-7-11-21(27)12-8-19/h2-14,17H,15-16H2,1H3,(H,28,30,31). The number of amides is 1. The van der Waals surface area contributed by atoms with Gasteiger partial charge in [-0.3, -0.25) is 4.79 Å². The second-order valence-corrected chi connectivity index (χ2v) is 8.21. The number of rotatable bonds is 7. The van der Waals surface area contributed by atoms with Gasteiger partial charge in [0.1, 0.15) is 5.75 Å². The number of halogens is 1. The number of hydrogen-bond donors (Lipinski definition) is 1. The summed E-state index contributed by atoms with van der Waals surface area (Å²) in [4.78, 5) is 22.1. The van der Waals surface area contributed by atoms with Gasteiger partial charge in [-0.05, 0) is 47.5 Å². The van der Waals surface area contributed by atoms with Crippen LogP contribution in [0.1, 0.15) is 16.8 Å². The van der Waals surface area contributed by atoms with Crippen LogP contribution in [0, 0.1) is 0 Å². The zero-order chi connectivity index (χ0) is 22.3. The van der Waals surface area contributed by atoms with E-state index in [9.17, 15) is 4.79 Å². The number of anilines is 1. The molecule has 1 amide bonds. The van der Waals surface area contributed by atoms with E-state index < -0.39 is 0 Å². The molecule has 6 heteroatoms. The maximum atomic E-state index is 12.7. The van der Waals surface area contributed by atoms with E-state index in [1.807, 2.05) is 78.9 Å². The van der Waals surface area contributed by atoms with Crippen molar-refractivity contribution >= 4 is 27.7 Å². The Balaban J connectivity index is 1.60. The number of nitrogens with one attached hydrogen (secondary N) is 1. The quantitative estimate of drug-likeness (QED) is 0.363. The van der Waals surface area contributed by atoms with Crippen LogP contribution < -0.4 is 10.1 Å². The van der Waals surface area contributed by atoms with Crippen molar-refractivity contribution in [2.45, 2.75) is 12.8 Å². The minimum absolute atomic E-state index is 0.131. The van der Waals surface area contributed by atoms with Crippen LogP contribution >= 0.6 is 15.9 Å². The van der Waals surface area contributed by atoms with Gasteiger partial charge in [-0.15, -0.1) is 0 Å². The number of hydrogen-bond acceptors (Lipinski definition) is 4. The number of aromatic nitrogens is 2. The summed E-state index contributed by atoms with van der Waals surface area (Å²) < 4.78 is 6.22. The molecular weight excluding hydrogens is 466 g/mol. The third-order valence-electron chi connectivity index (χ3n) is 4.98. The normalized spacial score (nSPS) is 10.6. The van der Waals surface area contributed by atoms with E-state index in [1.165, 1.54) is 0 Å². The van der Waals surface area contributed by atoms with Crippen molar-refractivity contribution in [2.75, 3.05) is 12.4 Å². The van der Waals surface area contributed by atoms with Gasteiger partial charge in [0.25, 0.3) is 0 Å². The van der Waals surface area contributed by atoms with Crippen LogP contribution in [0.3, 0.4) is 0 Å². The minimum atomic E-state index is -0.131. The maximum absolute atomic E-state index is 12.7. The van der Waals surface area contributed by atoms with Gasteiger partial charge in [-0.25, -0.2) is 9.97 Å². The summed E-state index contributed by atoms with van der Waals surface area (Å²) in [5, 5.41) is 2.95. The van der Waals surface area contributed by atoms with Crippen molar-refractivity contribution in [3.63, 3.8) is 0 Å². The molecule has 1 aromatic heterocycles. The minimum Gasteiger partial charge on any atom is -0.497 e. The van der Waals surface area contributed by atoms with E-state index in [0.29, 0.717) is 17.9 Å². The fourth-order valence-electron chi connectivity index (χ4n) is 3.31. The molecule has 0 fully saturated rings. The lowest BCUT2D eigenvalue weighted by atomic mass is 10.1. The second kappa shape index (κ2) is 10.2. The van der Waals surface area contributed by atoms with Gasteiger partial charge < -0.3 is 10.1 Å². The molecular formula is C26H22BrN3O2. The first-order chi connectivity index (χ1) is 15.6. The van der Waals surface area contributed by atoms with Crippen LogP contribution in [0.4, 0.5) is 5.82 Å². The Kier molecular flexibility index (Phi) is 6.92. The highest BCUT2D eigenvalue weighted by Crippen LogP contribution is 2.24. The molecule has 0 saturated heterocycles. The van der Waals surface area contributed by atoms with E-state index in [4.69, 9.17) is 9.72 Å². The lowest BCUT2D eigenvalue weighted by Gasteiger charge is -2.12. The zero-order valence-corrected chi connectivity index (χ0v) is 19.2. The van der Waals surface area contributed by atoms with E-state index in [0.717, 1.165) is 32.6 Å². The monoisotopic (exact) mass is 487 g/mol. The predicted octanol–water partition coefficient (Wildman–Crippen LogP) is 5.69. The first-order valence-electron chi connectivity index (χ1n) is 10.2. The van der Waals surface area contributed by atoms with Gasteiger partial charge >= 0.3 is 0 Å². The first-order valence-corrected chi connectivity index (χ1v) is 11.0. The van der Waals surface area contributed by atoms with Crippen LogP contribution in [-0.4, -0.2) is 23.0 Å². The average molecular weight is 488 g/mol. The van der Waals surface area contributed by atoms with Gasteiger partial charge in [0.05, 0.1) is 31.1 Å². The third kappa shape index (κ3) is 5.59. The molecule has 0 aliphatic rings. The predicted molar refractivity (Wildman–Crippen MR) is 130 cm³/mol. The Labute approximate surface area is 195 Å². The lowest BCUT2D eigenvalue weighted by Crippen LogP contribution is -2.17. The van der Waals surface area contributed by atoms with Crippen molar-refractivity contribution in [3.05, 3.63) is 106 Å². The molecule has 0 spiro atoms. The summed E-state index contributed by atoms with van der Waals surface area (Å²) in [5.41, 5.74) is 4.41. The van der Waals surface area contributed by atoms with Gasteiger partial charge in [0, 0.05) is 16.5 Å². The Morgan fingerprint density at radius 1 is 0.938 bits per heavy atom. The molecule has 160 valence electrons. The molecule has 3 aromatic carbocycles. The van der Waals surface area contributed by atoms with Crippen molar-refractivity contribution in [1.82, 2.24) is 9.97 Å². The fourth-order valence-corrected chi connectivity index (χ4v) is 3.57. The Morgan fingerprint density at radius 3 is 2.34 bits per heavy atom. The van der Waals surface area contributed by atoms with Gasteiger partial charge in [0.2, 0.25) is 5.91 Å². The smallest absolute Gasteiger partial charge is 0.229 e. The fraction of sp³-hybridized carbons (Fsp3) is 0.115. The number of benzene rings is 3. The number of ether oxygens (including phenoxy) is 1. The van der Waals surface area contributed by atoms with Crippen LogP contribution in [0.5, 0.6) is 5.75 Å². The Morgan fingerprint density at radius 2 is 1.66 bits per heavy atom. The molecule has 4 aromatic rings. The van der Waals surface area contributed by atoms with Crippen LogP contribution in [0.15, 0.2) is 89.5 Å². The topological polar surface area (TPSA) is 64.1 Å². The summed E-state index contributed by atoms with van der Waals surface area (Å²) in [5.74, 6) is 1.13. The largest absolute Gasteiger partial charge is 0.497 e. The van der Waals surface area contributed by atoms with E-state index in [-0.39, 0.29) is 12.3 Å². The van der Waals surface area contributed by atoms with Gasteiger partial charge in [0.15, 0.2) is 5.82 Å². The zero-order valence-electron chi connectivity index (χ0n) is 17.6. The summed E-state index contributed by atoms with van der Waals surface area (Å²) in [6.07, 6.45) is 2.51. The summed E-state index contributed by atoms with van der Waals surface area (Å²) in [6.45, 7) is 0. The molecule has 32 heavy (non-hydrogen) atoms. The van der Waals surface area contributed by atoms with Crippen molar-refractivity contribution in [1.29, 1.82) is 0 Å². The maximum Gasteiger partial charge on any atom is 0.229 e. The van der Waals surface area contributed by atoms with Crippen molar-refractivity contribution in [3.8, 4) is 17.0 Å². The summed E-state index contributed by atoms with van der Waals surface area (Å²) >= 11 is 3.41. The van der Waals surface area contributed by atoms with Crippen LogP contribution in [0.25, 0.3) is 11.3 Å². The molecule has 1 heterocycles. The molecule has 1 N–H and O–H groups in total. The van der Waals surface area contributed by atoms with Crippen molar-refractivity contribution in [2.24, 2.45) is 0 Å². The van der Waals surface area contributed by atoms with E-state index >= 15 is 0 Å². The highest BCUT2D eigenvalue weighted by atomic mass is 79.9. The van der Waals surface area contributed by atoms with Crippen molar-refractivity contribution < 1.29 is 9.53 Å². The molecule has 4 rings (SSSR count). The average Bonchev–Trinajstić information content (AvgIpc) is 2.82. The highest BCUT2D eigenvalue weighted by molar-refractivity contribution is 9.10. The highest BCUT2D eigenvalue weighted by Gasteiger charge is 2.13. The van der Waals surface area contributed by atoms with E-state index in [1.54, 1.807) is 13.3 Å². The van der Waals surface area contributed by atoms with E-state index in [2.05, 4.69) is 26.2 Å². The first kappa shape index (κ1) is 21.7. The van der Waals surface area contributed by atoms with Crippen LogP contribution in [-0.2, 0) is 17.6 Å². The summed E-state index contributed by atoms with van der Waals surface area (Å²) in [7, 11) is 1.64. The van der Waals surface area contributed by atoms with Gasteiger partial charge in [-0.2, -0.15) is 0 Å². The Bertz CT molecular complexity index is 1190. The Hall–Kier alpha value is -3.51. The molecule has 5 nitrogen and oxygen atoms in total. The number of methoxy groups -OCH3 is 1. The van der Waals surface area contributed by atoms with Gasteiger partial charge in [-0.1, -0.05) is 58.4 Å².